The van der Waals surface area contributed by atoms with Crippen LogP contribution in [0.4, 0.5) is 0 Å². The third-order valence-electron chi connectivity index (χ3n) is 9.18. The number of hydrogen-bond acceptors (Lipinski definition) is 7. The van der Waals surface area contributed by atoms with Crippen LogP contribution in [0.5, 0.6) is 5.75 Å². The largest absolute Gasteiger partial charge is 0.492 e. The Morgan fingerprint density at radius 1 is 0.857 bits per heavy atom. The number of rotatable bonds is 4. The van der Waals surface area contributed by atoms with Crippen molar-refractivity contribution in [2.45, 2.75) is 69.1 Å². The molecule has 1 spiro atoms. The molecule has 3 atom stereocenters. The molecule has 7 rings (SSSR count). The third kappa shape index (κ3) is 7.80. The van der Waals surface area contributed by atoms with Crippen LogP contribution < -0.4 is 31.3 Å². The molecule has 254 valence electrons. The van der Waals surface area contributed by atoms with Crippen molar-refractivity contribution in [2.75, 3.05) is 13.2 Å². The molecule has 12 heteroatoms. The van der Waals surface area contributed by atoms with Gasteiger partial charge in [0.05, 0.1) is 6.54 Å². The van der Waals surface area contributed by atoms with Crippen molar-refractivity contribution in [1.29, 1.82) is 0 Å². The summed E-state index contributed by atoms with van der Waals surface area (Å²) < 4.78 is 5.80. The van der Waals surface area contributed by atoms with E-state index in [4.69, 9.17) is 4.74 Å². The predicted molar refractivity (Wildman–Crippen MR) is 179 cm³/mol. The Labute approximate surface area is 283 Å². The molecule has 1 fully saturated rings. The lowest BCUT2D eigenvalue weighted by Crippen LogP contribution is -2.59. The van der Waals surface area contributed by atoms with Crippen molar-refractivity contribution >= 4 is 35.3 Å². The highest BCUT2D eigenvalue weighted by atomic mass is 16.5. The monoisotopic (exact) mass is 665 g/mol. The smallest absolute Gasteiger partial charge is 0.252 e. The Balaban J connectivity index is 1.25. The van der Waals surface area contributed by atoms with Crippen molar-refractivity contribution in [3.63, 3.8) is 0 Å². The molecule has 0 radical (unpaired) electrons. The number of carbonyl (C=O) groups excluding carboxylic acids is 6. The minimum Gasteiger partial charge on any atom is -0.492 e. The van der Waals surface area contributed by atoms with Gasteiger partial charge >= 0.3 is 0 Å². The van der Waals surface area contributed by atoms with Gasteiger partial charge in [-0.1, -0.05) is 54.6 Å². The second kappa shape index (κ2) is 14.3. The number of hydrogen-bond donors (Lipinski definition) is 5. The number of carbonyl (C=O) groups is 6. The van der Waals surface area contributed by atoms with Crippen LogP contribution in [0.2, 0.25) is 0 Å². The van der Waals surface area contributed by atoms with Gasteiger partial charge in [-0.3, -0.25) is 28.8 Å². The quantitative estimate of drug-likeness (QED) is 0.263. The zero-order valence-electron chi connectivity index (χ0n) is 27.2. The second-order valence-electron chi connectivity index (χ2n) is 12.8. The van der Waals surface area contributed by atoms with Crippen LogP contribution in [-0.2, 0) is 38.4 Å². The molecule has 2 aliphatic heterocycles. The molecule has 0 saturated heterocycles. The average molecular weight is 666 g/mol. The number of Topliss-reactive ketones (excluding diaryl/α,β-unsaturated/α-hetero) is 1. The molecule has 3 aromatic carbocycles. The number of fused-ring (bicyclic) bond motifs is 16. The summed E-state index contributed by atoms with van der Waals surface area (Å²) in [5.74, 6) is -2.04. The van der Waals surface area contributed by atoms with Gasteiger partial charge in [0, 0.05) is 30.4 Å². The van der Waals surface area contributed by atoms with Crippen LogP contribution in [0.1, 0.15) is 63.6 Å². The van der Waals surface area contributed by atoms with E-state index in [1.165, 1.54) is 6.92 Å². The number of nitrogens with one attached hydrogen (secondary N) is 5. The lowest BCUT2D eigenvalue weighted by atomic mass is 10.0. The number of ketones is 1. The van der Waals surface area contributed by atoms with E-state index in [1.54, 1.807) is 42.5 Å². The van der Waals surface area contributed by atoms with Gasteiger partial charge in [0.2, 0.25) is 23.6 Å². The zero-order valence-corrected chi connectivity index (χ0v) is 27.2. The maximum Gasteiger partial charge on any atom is 0.252 e. The maximum absolute atomic E-state index is 13.8. The molecular weight excluding hydrogens is 626 g/mol. The fraction of sp³-hybridized carbons (Fsp3) is 0.351. The van der Waals surface area contributed by atoms with Gasteiger partial charge in [-0.25, -0.2) is 0 Å². The summed E-state index contributed by atoms with van der Waals surface area (Å²) >= 11 is 0. The average Bonchev–Trinajstić information content (AvgIpc) is 3.79. The Hall–Kier alpha value is -5.52. The highest BCUT2D eigenvalue weighted by Crippen LogP contribution is 2.35. The van der Waals surface area contributed by atoms with E-state index in [0.717, 1.165) is 11.1 Å². The van der Waals surface area contributed by atoms with Crippen molar-refractivity contribution < 1.29 is 33.5 Å². The predicted octanol–water partition coefficient (Wildman–Crippen LogP) is 1.55. The molecule has 49 heavy (non-hydrogen) atoms. The molecule has 2 bridgehead atoms. The Morgan fingerprint density at radius 2 is 1.61 bits per heavy atom. The molecule has 3 aromatic rings. The third-order valence-corrected chi connectivity index (χ3v) is 9.18. The van der Waals surface area contributed by atoms with Crippen molar-refractivity contribution in [3.05, 3.63) is 101 Å². The Kier molecular flexibility index (Phi) is 9.75. The van der Waals surface area contributed by atoms with E-state index >= 15 is 0 Å². The lowest BCUT2D eigenvalue weighted by Gasteiger charge is -2.26. The maximum atomic E-state index is 13.8. The zero-order chi connectivity index (χ0) is 34.5. The van der Waals surface area contributed by atoms with Gasteiger partial charge in [-0.05, 0) is 61.1 Å². The SMILES string of the molecule is C[C@@H]1NC(=O)[C@@H](NC(=O)c2cccc3c2CCC3=O)Cc2ccc(cc2)OCCNC(=O)C2(CC2)NC(=O)[C@@H](Cc2ccccc2)NC1=O. The van der Waals surface area contributed by atoms with Crippen molar-refractivity contribution in [1.82, 2.24) is 26.6 Å². The number of amides is 5. The van der Waals surface area contributed by atoms with Crippen LogP contribution in [0.25, 0.3) is 0 Å². The first-order valence-corrected chi connectivity index (χ1v) is 16.5. The first-order valence-electron chi connectivity index (χ1n) is 16.5. The fourth-order valence-electron chi connectivity index (χ4n) is 6.20. The van der Waals surface area contributed by atoms with E-state index in [2.05, 4.69) is 26.6 Å². The summed E-state index contributed by atoms with van der Waals surface area (Å²) in [6.07, 6.45) is 1.93. The van der Waals surface area contributed by atoms with Gasteiger partial charge in [0.25, 0.3) is 5.91 Å². The first kappa shape index (κ1) is 33.4. The molecule has 4 aliphatic rings. The molecule has 12 nitrogen and oxygen atoms in total. The highest BCUT2D eigenvalue weighted by molar-refractivity contribution is 6.06. The van der Waals surface area contributed by atoms with E-state index in [9.17, 15) is 28.8 Å². The lowest BCUT2D eigenvalue weighted by molar-refractivity contribution is -0.134. The van der Waals surface area contributed by atoms with Crippen LogP contribution in [0.3, 0.4) is 0 Å². The standard InChI is InChI=1S/C37H39N5O7/c1-22-32(44)40-30(20-23-6-3-2-4-7-23)35(47)42-37(16-17-37)36(48)38-18-19-49-25-12-10-24(11-13-25)21-29(34(46)39-22)41-33(45)28-9-5-8-27-26(28)14-15-31(27)43/h2-13,22,29-30H,14-21H2,1H3,(H,38,48)(H,39,46)(H,40,44)(H,41,45)(H,42,47)/t22-,29-,30+/m0/s1. The summed E-state index contributed by atoms with van der Waals surface area (Å²) in [4.78, 5) is 79.8. The van der Waals surface area contributed by atoms with E-state index < -0.39 is 47.3 Å². The summed E-state index contributed by atoms with van der Waals surface area (Å²) in [5, 5.41) is 14.0. The fourth-order valence-corrected chi connectivity index (χ4v) is 6.20. The minimum atomic E-state index is -1.09. The van der Waals surface area contributed by atoms with Crippen molar-refractivity contribution in [3.8, 4) is 5.75 Å². The number of benzene rings is 3. The second-order valence-corrected chi connectivity index (χ2v) is 12.8. The van der Waals surface area contributed by atoms with E-state index in [-0.39, 0.29) is 37.7 Å². The van der Waals surface area contributed by atoms with Gasteiger partial charge < -0.3 is 31.3 Å². The highest BCUT2D eigenvalue weighted by Gasteiger charge is 2.51. The Bertz CT molecular complexity index is 1770. The van der Waals surface area contributed by atoms with Crippen LogP contribution in [0.15, 0.2) is 72.8 Å². The van der Waals surface area contributed by atoms with E-state index in [1.807, 2.05) is 30.3 Å². The van der Waals surface area contributed by atoms with Gasteiger partial charge in [-0.2, -0.15) is 0 Å². The molecule has 5 N–H and O–H groups in total. The van der Waals surface area contributed by atoms with Crippen LogP contribution in [0, 0.1) is 0 Å². The summed E-state index contributed by atoms with van der Waals surface area (Å²) in [6, 6.07) is 17.9. The summed E-state index contributed by atoms with van der Waals surface area (Å²) in [7, 11) is 0. The number of ether oxygens (including phenoxy) is 1. The van der Waals surface area contributed by atoms with Gasteiger partial charge in [0.15, 0.2) is 5.78 Å². The van der Waals surface area contributed by atoms with Crippen LogP contribution in [-0.4, -0.2) is 72.1 Å². The summed E-state index contributed by atoms with van der Waals surface area (Å²) in [5.41, 5.74) is 1.93. The molecule has 0 unspecified atom stereocenters. The van der Waals surface area contributed by atoms with E-state index in [0.29, 0.717) is 48.1 Å². The molecular formula is C37H39N5O7. The normalized spacial score (nSPS) is 22.6. The minimum absolute atomic E-state index is 0.0268. The molecule has 1 saturated carbocycles. The molecule has 0 aromatic heterocycles. The van der Waals surface area contributed by atoms with Crippen molar-refractivity contribution in [2.24, 2.45) is 0 Å². The molecule has 2 heterocycles. The van der Waals surface area contributed by atoms with Gasteiger partial charge in [0.1, 0.15) is 36.0 Å². The topological polar surface area (TPSA) is 172 Å². The molecule has 5 amide bonds. The van der Waals surface area contributed by atoms with Crippen LogP contribution >= 0.6 is 0 Å². The Morgan fingerprint density at radius 3 is 2.35 bits per heavy atom. The summed E-state index contributed by atoms with van der Waals surface area (Å²) in [6.45, 7) is 1.89. The first-order chi connectivity index (χ1) is 23.6. The van der Waals surface area contributed by atoms with Gasteiger partial charge in [-0.15, -0.1) is 0 Å². The molecule has 2 aliphatic carbocycles.